The lowest BCUT2D eigenvalue weighted by Gasteiger charge is -2.36. The van der Waals surface area contributed by atoms with Gasteiger partial charge in [-0.15, -0.1) is 0 Å². The molecule has 5 heteroatoms. The molecule has 0 bridgehead atoms. The lowest BCUT2D eigenvalue weighted by atomic mass is 10.2. The van der Waals surface area contributed by atoms with Crippen LogP contribution in [0.15, 0.2) is 0 Å². The van der Waals surface area contributed by atoms with Crippen LogP contribution in [0.5, 0.6) is 0 Å². The van der Waals surface area contributed by atoms with Crippen LogP contribution in [0.25, 0.3) is 0 Å². The largest absolute Gasteiger partial charge is 1.00 e. The minimum absolute atomic E-state index is 0. The number of nitrogens with zero attached hydrogens (tertiary/aromatic N) is 1. The number of hydrogen-bond acceptors (Lipinski definition) is 3. The van der Waals surface area contributed by atoms with Crippen LogP contribution in [0.2, 0.25) is 0 Å². The average molecular weight is 257 g/mol. The molecule has 2 unspecified atom stereocenters. The first-order valence-electron chi connectivity index (χ1n) is 4.31. The summed E-state index contributed by atoms with van der Waals surface area (Å²) in [6.45, 7) is 2.31. The summed E-state index contributed by atoms with van der Waals surface area (Å²) in [6, 6.07) is 0. The van der Waals surface area contributed by atoms with Crippen molar-refractivity contribution in [1.29, 1.82) is 0 Å². The molecule has 0 aromatic rings. The Labute approximate surface area is 90.7 Å². The van der Waals surface area contributed by atoms with Gasteiger partial charge in [-0.1, -0.05) is 6.92 Å². The van der Waals surface area contributed by atoms with Gasteiger partial charge in [-0.2, -0.15) is 0 Å². The van der Waals surface area contributed by atoms with E-state index in [2.05, 4.69) is 0 Å². The van der Waals surface area contributed by atoms with Crippen molar-refractivity contribution in [3.05, 3.63) is 0 Å². The van der Waals surface area contributed by atoms with Gasteiger partial charge in [0, 0.05) is 6.42 Å². The molecule has 0 aliphatic carbocycles. The summed E-state index contributed by atoms with van der Waals surface area (Å²) in [5, 5.41) is 17.9. The van der Waals surface area contributed by atoms with Crippen molar-refractivity contribution in [3.63, 3.8) is 0 Å². The lowest BCUT2D eigenvalue weighted by Crippen LogP contribution is -3.00. The average Bonchev–Trinajstić information content (AvgIpc) is 2.02. The fraction of sp³-hybridized carbons (Fsp3) is 1.00. The zero-order valence-corrected chi connectivity index (χ0v) is 10.2. The highest BCUT2D eigenvalue weighted by Crippen LogP contribution is 2.06. The first-order valence-corrected chi connectivity index (χ1v) is 4.31. The second kappa shape index (κ2) is 6.73. The molecule has 0 aliphatic heterocycles. The van der Waals surface area contributed by atoms with E-state index in [1.807, 2.05) is 21.0 Å². The lowest BCUT2D eigenvalue weighted by molar-refractivity contribution is -0.917. The molecule has 4 nitrogen and oxygen atoms in total. The van der Waals surface area contributed by atoms with Gasteiger partial charge in [0.1, 0.15) is 18.8 Å². The van der Waals surface area contributed by atoms with E-state index in [9.17, 15) is 5.11 Å². The van der Waals surface area contributed by atoms with Gasteiger partial charge in [0.2, 0.25) is 0 Å². The number of rotatable bonds is 5. The van der Waals surface area contributed by atoms with Gasteiger partial charge in [-0.05, 0) is 0 Å². The van der Waals surface area contributed by atoms with Crippen molar-refractivity contribution in [2.75, 3.05) is 27.2 Å². The Morgan fingerprint density at radius 2 is 1.85 bits per heavy atom. The summed E-state index contributed by atoms with van der Waals surface area (Å²) in [5.74, 6) is 0. The maximum absolute atomic E-state index is 9.22. The molecule has 0 aromatic carbocycles. The third-order valence-corrected chi connectivity index (χ3v) is 2.21. The van der Waals surface area contributed by atoms with Gasteiger partial charge in [0.25, 0.3) is 0 Å². The van der Waals surface area contributed by atoms with E-state index < -0.39 is 6.10 Å². The van der Waals surface area contributed by atoms with Gasteiger partial charge < -0.3 is 31.7 Å². The molecule has 0 amide bonds. The number of nitrogens with two attached hydrogens (primary N) is 1. The quantitative estimate of drug-likeness (QED) is 0.348. The third-order valence-electron chi connectivity index (χ3n) is 2.21. The molecule has 0 aliphatic rings. The van der Waals surface area contributed by atoms with Crippen LogP contribution in [0, 0.1) is 0 Å². The summed E-state index contributed by atoms with van der Waals surface area (Å²) in [5.41, 5.74) is 5.83. The number of aliphatic hydroxyl groups is 2. The molecule has 82 valence electrons. The van der Waals surface area contributed by atoms with Crippen LogP contribution < -0.4 is 22.7 Å². The van der Waals surface area contributed by atoms with Crippen molar-refractivity contribution in [3.8, 4) is 0 Å². The van der Waals surface area contributed by atoms with Gasteiger partial charge in [-0.3, -0.25) is 5.73 Å². The molecule has 13 heavy (non-hydrogen) atoms. The molecule has 0 spiro atoms. The summed E-state index contributed by atoms with van der Waals surface area (Å²) in [4.78, 5) is 0. The summed E-state index contributed by atoms with van der Waals surface area (Å²) in [6.07, 6.45) is 0.217. The fourth-order valence-electron chi connectivity index (χ4n) is 1.23. The molecule has 4 N–H and O–H groups in total. The Hall–Kier alpha value is 0.320. The monoisotopic (exact) mass is 256 g/mol. The van der Waals surface area contributed by atoms with E-state index >= 15 is 0 Å². The Morgan fingerprint density at radius 3 is 2.15 bits per heavy atom. The normalized spacial score (nSPS) is 16.2. The second-order valence-electron chi connectivity index (χ2n) is 3.77. The van der Waals surface area contributed by atoms with Crippen molar-refractivity contribution in [1.82, 2.24) is 0 Å². The summed E-state index contributed by atoms with van der Waals surface area (Å²) >= 11 is 0. The number of hydrogen-bond donors (Lipinski definition) is 3. The molecular weight excluding hydrogens is 236 g/mol. The van der Waals surface area contributed by atoms with Crippen molar-refractivity contribution in [2.24, 2.45) is 5.73 Å². The highest BCUT2D eigenvalue weighted by molar-refractivity contribution is 4.53. The van der Waals surface area contributed by atoms with Crippen LogP contribution in [0.4, 0.5) is 0 Å². The van der Waals surface area contributed by atoms with Crippen molar-refractivity contribution < 1.29 is 31.7 Å². The van der Waals surface area contributed by atoms with Crippen molar-refractivity contribution in [2.45, 2.75) is 25.6 Å². The van der Waals surface area contributed by atoms with Gasteiger partial charge >= 0.3 is 0 Å². The predicted molar refractivity (Wildman–Crippen MR) is 48.3 cm³/mol. The van der Waals surface area contributed by atoms with Crippen LogP contribution >= 0.6 is 0 Å². The molecule has 0 aromatic heterocycles. The molecule has 0 fully saturated rings. The highest BCUT2D eigenvalue weighted by atomic mass is 79.9. The maximum Gasteiger partial charge on any atom is 0.139 e. The predicted octanol–water partition coefficient (Wildman–Crippen LogP) is -3.89. The first-order chi connectivity index (χ1) is 5.44. The number of aliphatic hydroxyl groups excluding tert-OH is 2. The fourth-order valence-corrected chi connectivity index (χ4v) is 1.23. The van der Waals surface area contributed by atoms with Gasteiger partial charge in [0.15, 0.2) is 0 Å². The Kier molecular flexibility index (Phi) is 8.16. The number of halogens is 1. The molecule has 0 saturated carbocycles. The molecule has 2 atom stereocenters. The molecule has 0 heterocycles. The van der Waals surface area contributed by atoms with Gasteiger partial charge in [0.05, 0.1) is 20.7 Å². The number of quaternary nitrogens is 1. The van der Waals surface area contributed by atoms with Crippen molar-refractivity contribution >= 4 is 0 Å². The smallest absolute Gasteiger partial charge is 0.139 e. The van der Waals surface area contributed by atoms with Crippen LogP contribution in [-0.4, -0.2) is 54.2 Å². The van der Waals surface area contributed by atoms with Crippen LogP contribution in [-0.2, 0) is 0 Å². The molecular formula is C8H21BrN2O2. The maximum atomic E-state index is 9.22. The second-order valence-corrected chi connectivity index (χ2v) is 3.77. The zero-order valence-electron chi connectivity index (χ0n) is 8.57. The van der Waals surface area contributed by atoms with E-state index in [0.29, 0.717) is 11.0 Å². The van der Waals surface area contributed by atoms with E-state index in [4.69, 9.17) is 10.8 Å². The summed E-state index contributed by atoms with van der Waals surface area (Å²) in [7, 11) is 3.90. The van der Waals surface area contributed by atoms with E-state index in [-0.39, 0.29) is 29.8 Å². The Bertz CT molecular complexity index is 133. The SMILES string of the molecule is CCC(N)[N+](C)(C)CC(O)CO.[Br-]. The number of likely N-dealkylation sites (N-methyl/N-ethyl adjacent to an activating group) is 1. The summed E-state index contributed by atoms with van der Waals surface area (Å²) < 4.78 is 0.540. The Morgan fingerprint density at radius 1 is 1.38 bits per heavy atom. The Balaban J connectivity index is 0. The van der Waals surface area contributed by atoms with E-state index in [1.54, 1.807) is 0 Å². The van der Waals surface area contributed by atoms with Crippen LogP contribution in [0.3, 0.4) is 0 Å². The van der Waals surface area contributed by atoms with Gasteiger partial charge in [-0.25, -0.2) is 0 Å². The van der Waals surface area contributed by atoms with E-state index in [1.165, 1.54) is 0 Å². The molecule has 0 rings (SSSR count). The van der Waals surface area contributed by atoms with Crippen LogP contribution in [0.1, 0.15) is 13.3 Å². The molecule has 0 radical (unpaired) electrons. The van der Waals surface area contributed by atoms with E-state index in [0.717, 1.165) is 6.42 Å². The zero-order chi connectivity index (χ0) is 9.78. The minimum atomic E-state index is -0.669. The standard InChI is InChI=1S/C8H21N2O2.BrH/c1-4-8(9)10(2,3)5-7(12)6-11;/h7-8,11-12H,4-6,9H2,1-3H3;1H/q+1;/p-1. The minimum Gasteiger partial charge on any atom is -1.00 e. The highest BCUT2D eigenvalue weighted by Gasteiger charge is 2.25. The third kappa shape index (κ3) is 5.59. The topological polar surface area (TPSA) is 66.5 Å². The molecule has 0 saturated heterocycles. The first kappa shape index (κ1) is 15.8.